The lowest BCUT2D eigenvalue weighted by molar-refractivity contribution is 0.468. The molecule has 132 valence electrons. The zero-order valence-corrected chi connectivity index (χ0v) is 16.5. The van der Waals surface area contributed by atoms with E-state index in [1.54, 1.807) is 0 Å². The van der Waals surface area contributed by atoms with Crippen LogP contribution in [0.15, 0.2) is 24.3 Å². The fourth-order valence-corrected chi connectivity index (χ4v) is 3.89. The molecule has 0 aromatic heterocycles. The van der Waals surface area contributed by atoms with Crippen molar-refractivity contribution in [1.82, 2.24) is 0 Å². The summed E-state index contributed by atoms with van der Waals surface area (Å²) in [7, 11) is 0. The summed E-state index contributed by atoms with van der Waals surface area (Å²) in [5.41, 5.74) is 6.78. The van der Waals surface area contributed by atoms with Gasteiger partial charge in [-0.05, 0) is 84.4 Å². The summed E-state index contributed by atoms with van der Waals surface area (Å²) in [5, 5.41) is 2.55. The Morgan fingerprint density at radius 1 is 0.960 bits per heavy atom. The predicted molar refractivity (Wildman–Crippen MR) is 108 cm³/mol. The fraction of sp³-hybridized carbons (Fsp3) is 0.417. The molecule has 0 fully saturated rings. The van der Waals surface area contributed by atoms with E-state index < -0.39 is 0 Å². The molecule has 0 atom stereocenters. The third-order valence-corrected chi connectivity index (χ3v) is 5.13. The van der Waals surface area contributed by atoms with Gasteiger partial charge in [-0.3, -0.25) is 0 Å². The van der Waals surface area contributed by atoms with Crippen LogP contribution in [-0.2, 0) is 6.42 Å². The molecule has 1 heterocycles. The van der Waals surface area contributed by atoms with E-state index in [9.17, 15) is 0 Å². The zero-order valence-electron chi connectivity index (χ0n) is 16.5. The molecule has 2 aromatic carbocycles. The molecule has 0 amide bonds. The van der Waals surface area contributed by atoms with E-state index in [0.29, 0.717) is 5.92 Å². The number of rotatable bonds is 4. The second-order valence-corrected chi connectivity index (χ2v) is 7.51. The van der Waals surface area contributed by atoms with Gasteiger partial charge in [-0.25, -0.2) is 0 Å². The smallest absolute Gasteiger partial charge is 0.135 e. The quantitative estimate of drug-likeness (QED) is 0.726. The Morgan fingerprint density at radius 3 is 2.36 bits per heavy atom. The maximum atomic E-state index is 6.40. The van der Waals surface area contributed by atoms with Crippen LogP contribution < -0.4 is 15.2 Å². The number of ether oxygens (including phenoxy) is 1. The summed E-state index contributed by atoms with van der Waals surface area (Å²) < 4.78 is 6.40. The van der Waals surface area contributed by atoms with Gasteiger partial charge in [-0.2, -0.15) is 0 Å². The van der Waals surface area contributed by atoms with E-state index in [-0.39, 0.29) is 0 Å². The number of hydrogen-bond acceptors (Lipinski definition) is 1. The van der Waals surface area contributed by atoms with Crippen LogP contribution in [0, 0.1) is 19.8 Å². The molecule has 0 aliphatic carbocycles. The van der Waals surface area contributed by atoms with E-state index in [1.165, 1.54) is 38.3 Å². The number of fused-ring (bicyclic) bond motifs is 2. The summed E-state index contributed by atoms with van der Waals surface area (Å²) in [6.45, 7) is 13.4. The molecule has 3 rings (SSSR count). The van der Waals surface area contributed by atoms with E-state index in [1.807, 2.05) is 0 Å². The molecule has 0 saturated carbocycles. The molecule has 0 N–H and O–H groups in total. The molecule has 0 spiro atoms. The lowest BCUT2D eigenvalue weighted by Crippen LogP contribution is -2.23. The summed E-state index contributed by atoms with van der Waals surface area (Å²) >= 11 is 0. The molecule has 1 aliphatic heterocycles. The SMILES string of the molecule is CC/C=c1/cc2c(cc1C)=C(C(C)C)c1cc(C)c(CCC)cc1O2. The van der Waals surface area contributed by atoms with Gasteiger partial charge in [-0.15, -0.1) is 0 Å². The van der Waals surface area contributed by atoms with Crippen molar-refractivity contribution in [3.8, 4) is 11.5 Å². The minimum absolute atomic E-state index is 0.457. The summed E-state index contributed by atoms with van der Waals surface area (Å²) in [6.07, 6.45) is 5.58. The van der Waals surface area contributed by atoms with Gasteiger partial charge in [0.25, 0.3) is 0 Å². The Morgan fingerprint density at radius 2 is 1.72 bits per heavy atom. The number of aryl methyl sites for hydroxylation is 3. The van der Waals surface area contributed by atoms with Crippen LogP contribution in [0.5, 0.6) is 11.5 Å². The van der Waals surface area contributed by atoms with Crippen LogP contribution >= 0.6 is 0 Å². The van der Waals surface area contributed by atoms with Gasteiger partial charge in [0.2, 0.25) is 0 Å². The maximum absolute atomic E-state index is 6.40. The lowest BCUT2D eigenvalue weighted by Gasteiger charge is -2.25. The molecular weight excluding hydrogens is 304 g/mol. The molecule has 0 saturated heterocycles. The van der Waals surface area contributed by atoms with Crippen molar-refractivity contribution in [1.29, 1.82) is 0 Å². The first-order valence-corrected chi connectivity index (χ1v) is 9.63. The van der Waals surface area contributed by atoms with Crippen molar-refractivity contribution in [2.45, 2.75) is 60.8 Å². The lowest BCUT2D eigenvalue weighted by atomic mass is 9.87. The Hall–Kier alpha value is -2.02. The highest BCUT2D eigenvalue weighted by Crippen LogP contribution is 2.38. The van der Waals surface area contributed by atoms with Crippen LogP contribution in [0.1, 0.15) is 62.8 Å². The second-order valence-electron chi connectivity index (χ2n) is 7.51. The summed E-state index contributed by atoms with van der Waals surface area (Å²) in [6, 6.07) is 9.13. The highest BCUT2D eigenvalue weighted by atomic mass is 16.5. The van der Waals surface area contributed by atoms with E-state index in [4.69, 9.17) is 4.74 Å². The predicted octanol–water partition coefficient (Wildman–Crippen LogP) is 5.41. The highest BCUT2D eigenvalue weighted by Gasteiger charge is 2.22. The number of hydrogen-bond donors (Lipinski definition) is 0. The first kappa shape index (κ1) is 17.8. The van der Waals surface area contributed by atoms with Gasteiger partial charge in [-0.1, -0.05) is 40.2 Å². The van der Waals surface area contributed by atoms with Gasteiger partial charge >= 0.3 is 0 Å². The summed E-state index contributed by atoms with van der Waals surface area (Å²) in [4.78, 5) is 0. The normalized spacial score (nSPS) is 13.7. The average molecular weight is 335 g/mol. The molecule has 1 heteroatoms. The van der Waals surface area contributed by atoms with Gasteiger partial charge in [0, 0.05) is 10.8 Å². The first-order valence-electron chi connectivity index (χ1n) is 9.63. The van der Waals surface area contributed by atoms with Gasteiger partial charge < -0.3 is 4.74 Å². The minimum Gasteiger partial charge on any atom is -0.456 e. The first-order chi connectivity index (χ1) is 12.0. The Balaban J connectivity index is 2.33. The molecule has 0 unspecified atom stereocenters. The van der Waals surface area contributed by atoms with Crippen LogP contribution in [0.25, 0.3) is 11.6 Å². The van der Waals surface area contributed by atoms with Gasteiger partial charge in [0.05, 0.1) is 0 Å². The van der Waals surface area contributed by atoms with Crippen molar-refractivity contribution in [3.63, 3.8) is 0 Å². The molecule has 0 bridgehead atoms. The van der Waals surface area contributed by atoms with Crippen LogP contribution in [-0.4, -0.2) is 0 Å². The molecular formula is C24H30O. The monoisotopic (exact) mass is 334 g/mol. The largest absolute Gasteiger partial charge is 0.456 e. The maximum Gasteiger partial charge on any atom is 0.135 e. The average Bonchev–Trinajstić information content (AvgIpc) is 2.55. The van der Waals surface area contributed by atoms with Crippen molar-refractivity contribution >= 4 is 11.6 Å². The fourth-order valence-electron chi connectivity index (χ4n) is 3.89. The topological polar surface area (TPSA) is 9.23 Å². The van der Waals surface area contributed by atoms with Crippen LogP contribution in [0.4, 0.5) is 0 Å². The van der Waals surface area contributed by atoms with Crippen molar-refractivity contribution in [3.05, 3.63) is 57.0 Å². The molecule has 1 nitrogen and oxygen atoms in total. The Bertz CT molecular complexity index is 916. The van der Waals surface area contributed by atoms with E-state index in [2.05, 4.69) is 71.9 Å². The molecule has 2 aromatic rings. The van der Waals surface area contributed by atoms with Crippen molar-refractivity contribution < 1.29 is 4.74 Å². The molecule has 0 radical (unpaired) electrons. The molecule has 1 aliphatic rings. The Kier molecular flexibility index (Phi) is 5.03. The minimum atomic E-state index is 0.457. The third kappa shape index (κ3) is 3.25. The van der Waals surface area contributed by atoms with E-state index >= 15 is 0 Å². The molecule has 25 heavy (non-hydrogen) atoms. The third-order valence-electron chi connectivity index (χ3n) is 5.13. The standard InChI is InChI=1S/C24H30O/c1-7-9-18-13-22-20(11-16(18)5)24(15(3)4)21-12-17(6)19(10-8-2)14-23(21)25-22/h9,11-15H,7-8,10H2,1-6H3/b18-9-. The zero-order chi connectivity index (χ0) is 18.1. The summed E-state index contributed by atoms with van der Waals surface area (Å²) in [5.74, 6) is 2.49. The van der Waals surface area contributed by atoms with Crippen molar-refractivity contribution in [2.24, 2.45) is 5.92 Å². The van der Waals surface area contributed by atoms with Crippen molar-refractivity contribution in [2.75, 3.05) is 0 Å². The van der Waals surface area contributed by atoms with Gasteiger partial charge in [0.15, 0.2) is 0 Å². The second kappa shape index (κ2) is 7.07. The highest BCUT2D eigenvalue weighted by molar-refractivity contribution is 5.76. The number of benzene rings is 2. The van der Waals surface area contributed by atoms with Crippen LogP contribution in [0.3, 0.4) is 0 Å². The Labute approximate surface area is 152 Å². The van der Waals surface area contributed by atoms with E-state index in [0.717, 1.165) is 30.8 Å². The van der Waals surface area contributed by atoms with Gasteiger partial charge in [0.1, 0.15) is 11.5 Å². The van der Waals surface area contributed by atoms with Crippen LogP contribution in [0.2, 0.25) is 0 Å².